The van der Waals surface area contributed by atoms with E-state index in [2.05, 4.69) is 20.6 Å². The number of nitrogens with zero attached hydrogens (tertiary/aromatic N) is 4. The molecule has 9 heteroatoms. The molecule has 1 aliphatic rings. The van der Waals surface area contributed by atoms with Crippen LogP contribution < -0.4 is 10.6 Å². The normalized spacial score (nSPS) is 15.3. The number of benzene rings is 1. The molecule has 3 rings (SSSR count). The summed E-state index contributed by atoms with van der Waals surface area (Å²) in [5.74, 6) is 0.482. The van der Waals surface area contributed by atoms with Crippen molar-refractivity contribution in [3.8, 4) is 5.69 Å². The van der Waals surface area contributed by atoms with Crippen LogP contribution in [0, 0.1) is 11.2 Å². The Morgan fingerprint density at radius 1 is 1.29 bits per heavy atom. The molecule has 1 saturated carbocycles. The summed E-state index contributed by atoms with van der Waals surface area (Å²) in [6.45, 7) is 3.58. The Balaban J connectivity index is 0.00000341. The zero-order chi connectivity index (χ0) is 21.6. The summed E-state index contributed by atoms with van der Waals surface area (Å²) in [7, 11) is 3.62. The second kappa shape index (κ2) is 11.4. The van der Waals surface area contributed by atoms with Crippen molar-refractivity contribution in [2.45, 2.75) is 39.2 Å². The quantitative estimate of drug-likeness (QED) is 0.320. The number of carbonyl (C=O) groups is 1. The molecular formula is C22H32FIN6O. The Morgan fingerprint density at radius 3 is 2.61 bits per heavy atom. The lowest BCUT2D eigenvalue weighted by molar-refractivity contribution is -0.138. The van der Waals surface area contributed by atoms with Crippen molar-refractivity contribution in [2.75, 3.05) is 27.2 Å². The Kier molecular flexibility index (Phi) is 9.27. The van der Waals surface area contributed by atoms with E-state index >= 15 is 0 Å². The number of aliphatic imine (C=N–C) groups is 1. The molecule has 1 heterocycles. The highest BCUT2D eigenvalue weighted by Crippen LogP contribution is 2.38. The maximum atomic E-state index is 14.5. The van der Waals surface area contributed by atoms with Gasteiger partial charge in [-0.15, -0.1) is 24.0 Å². The molecule has 0 radical (unpaired) electrons. The van der Waals surface area contributed by atoms with E-state index in [9.17, 15) is 9.18 Å². The van der Waals surface area contributed by atoms with E-state index in [-0.39, 0.29) is 41.1 Å². The molecule has 0 unspecified atom stereocenters. The molecule has 0 aliphatic heterocycles. The second-order valence-corrected chi connectivity index (χ2v) is 7.99. The maximum Gasteiger partial charge on any atom is 0.230 e. The number of rotatable bonds is 7. The van der Waals surface area contributed by atoms with E-state index in [1.807, 2.05) is 27.1 Å². The Morgan fingerprint density at radius 2 is 2.03 bits per heavy atom. The van der Waals surface area contributed by atoms with E-state index in [4.69, 9.17) is 0 Å². The molecule has 2 aromatic rings. The molecule has 1 aromatic carbocycles. The van der Waals surface area contributed by atoms with E-state index in [1.54, 1.807) is 34.3 Å². The number of halogens is 2. The van der Waals surface area contributed by atoms with Gasteiger partial charge < -0.3 is 20.1 Å². The third kappa shape index (κ3) is 6.18. The number of amides is 1. The van der Waals surface area contributed by atoms with Crippen LogP contribution in [0.3, 0.4) is 0 Å². The van der Waals surface area contributed by atoms with Gasteiger partial charge in [0.15, 0.2) is 5.96 Å². The summed E-state index contributed by atoms with van der Waals surface area (Å²) in [4.78, 5) is 23.0. The predicted molar refractivity (Wildman–Crippen MR) is 131 cm³/mol. The van der Waals surface area contributed by atoms with Gasteiger partial charge in [0.05, 0.1) is 24.0 Å². The Bertz CT molecular complexity index is 878. The van der Waals surface area contributed by atoms with Crippen LogP contribution in [0.25, 0.3) is 5.69 Å². The van der Waals surface area contributed by atoms with Crippen molar-refractivity contribution < 1.29 is 9.18 Å². The molecule has 7 nitrogen and oxygen atoms in total. The Labute approximate surface area is 200 Å². The van der Waals surface area contributed by atoms with Gasteiger partial charge >= 0.3 is 0 Å². The van der Waals surface area contributed by atoms with Gasteiger partial charge in [-0.1, -0.05) is 18.9 Å². The fraction of sp³-hybridized carbons (Fsp3) is 0.500. The van der Waals surface area contributed by atoms with E-state index in [1.165, 1.54) is 6.07 Å². The van der Waals surface area contributed by atoms with Crippen molar-refractivity contribution in [1.82, 2.24) is 25.1 Å². The minimum Gasteiger partial charge on any atom is -0.357 e. The summed E-state index contributed by atoms with van der Waals surface area (Å²) in [5.41, 5.74) is 0.849. The van der Waals surface area contributed by atoms with Crippen molar-refractivity contribution in [3.63, 3.8) is 0 Å². The van der Waals surface area contributed by atoms with Gasteiger partial charge in [0.1, 0.15) is 5.82 Å². The van der Waals surface area contributed by atoms with Crippen LogP contribution >= 0.6 is 24.0 Å². The minimum absolute atomic E-state index is 0. The molecular weight excluding hydrogens is 510 g/mol. The molecule has 170 valence electrons. The van der Waals surface area contributed by atoms with E-state index in [0.29, 0.717) is 31.3 Å². The molecule has 0 saturated heterocycles. The van der Waals surface area contributed by atoms with Crippen molar-refractivity contribution >= 4 is 35.8 Å². The molecule has 1 amide bonds. The molecule has 0 bridgehead atoms. The highest BCUT2D eigenvalue weighted by Gasteiger charge is 2.42. The van der Waals surface area contributed by atoms with Crippen LogP contribution in [-0.2, 0) is 11.3 Å². The molecule has 31 heavy (non-hydrogen) atoms. The first-order chi connectivity index (χ1) is 14.4. The number of hydrogen-bond donors (Lipinski definition) is 2. The van der Waals surface area contributed by atoms with Gasteiger partial charge in [-0.05, 0) is 37.5 Å². The van der Waals surface area contributed by atoms with Gasteiger partial charge in [-0.25, -0.2) is 14.4 Å². The van der Waals surface area contributed by atoms with Gasteiger partial charge in [-0.2, -0.15) is 0 Å². The topological polar surface area (TPSA) is 74.5 Å². The number of aromatic nitrogens is 2. The van der Waals surface area contributed by atoms with Gasteiger partial charge in [-0.3, -0.25) is 4.79 Å². The van der Waals surface area contributed by atoms with Gasteiger partial charge in [0, 0.05) is 39.6 Å². The first-order valence-electron chi connectivity index (χ1n) is 10.5. The molecule has 0 spiro atoms. The molecule has 1 aromatic heterocycles. The van der Waals surface area contributed by atoms with Crippen LogP contribution in [0.4, 0.5) is 4.39 Å². The summed E-state index contributed by atoms with van der Waals surface area (Å²) in [5, 5.41) is 6.56. The third-order valence-corrected chi connectivity index (χ3v) is 5.57. The highest BCUT2D eigenvalue weighted by atomic mass is 127. The summed E-state index contributed by atoms with van der Waals surface area (Å²) in [6.07, 6.45) is 8.79. The van der Waals surface area contributed by atoms with Crippen LogP contribution in [0.1, 0.15) is 38.2 Å². The molecule has 1 aliphatic carbocycles. The fourth-order valence-corrected chi connectivity index (χ4v) is 4.02. The zero-order valence-electron chi connectivity index (χ0n) is 18.4. The lowest BCUT2D eigenvalue weighted by Crippen LogP contribution is -2.49. The second-order valence-electron chi connectivity index (χ2n) is 7.99. The number of imidazole rings is 1. The standard InChI is InChI=1S/C22H31FN6O.HI/c1-4-25-21(27-15-22(9-5-6-10-22)20(30)28(2)3)26-14-17-7-8-19(18(23)13-17)29-12-11-24-16-29;/h7-8,11-13,16H,4-6,9-10,14-15H2,1-3H3,(H2,25,26,27);1H. The summed E-state index contributed by atoms with van der Waals surface area (Å²) in [6, 6.07) is 5.08. The average molecular weight is 542 g/mol. The lowest BCUT2D eigenvalue weighted by atomic mass is 9.84. The van der Waals surface area contributed by atoms with E-state index in [0.717, 1.165) is 31.2 Å². The highest BCUT2D eigenvalue weighted by molar-refractivity contribution is 14.0. The number of hydrogen-bond acceptors (Lipinski definition) is 3. The fourth-order valence-electron chi connectivity index (χ4n) is 4.02. The molecule has 0 atom stereocenters. The number of nitrogens with one attached hydrogen (secondary N) is 2. The van der Waals surface area contributed by atoms with Crippen molar-refractivity contribution in [3.05, 3.63) is 48.3 Å². The van der Waals surface area contributed by atoms with E-state index < -0.39 is 0 Å². The lowest BCUT2D eigenvalue weighted by Gasteiger charge is -2.31. The molecule has 2 N–H and O–H groups in total. The smallest absolute Gasteiger partial charge is 0.230 e. The maximum absolute atomic E-state index is 14.5. The van der Waals surface area contributed by atoms with Crippen LogP contribution in [-0.4, -0.2) is 53.5 Å². The monoisotopic (exact) mass is 542 g/mol. The molecule has 1 fully saturated rings. The van der Waals surface area contributed by atoms with Gasteiger partial charge in [0.2, 0.25) is 5.91 Å². The number of guanidine groups is 1. The zero-order valence-corrected chi connectivity index (χ0v) is 20.7. The van der Waals surface area contributed by atoms with Crippen molar-refractivity contribution in [2.24, 2.45) is 10.4 Å². The first kappa shape index (κ1) is 25.1. The average Bonchev–Trinajstić information content (AvgIpc) is 3.42. The van der Waals surface area contributed by atoms with Gasteiger partial charge in [0.25, 0.3) is 0 Å². The Hall–Kier alpha value is -2.17. The minimum atomic E-state index is -0.377. The summed E-state index contributed by atoms with van der Waals surface area (Å²) >= 11 is 0. The van der Waals surface area contributed by atoms with Crippen LogP contribution in [0.15, 0.2) is 41.9 Å². The predicted octanol–water partition coefficient (Wildman–Crippen LogP) is 3.33. The SMILES string of the molecule is CCNC(=NCc1ccc(-n2ccnc2)c(F)c1)NCC1(C(=O)N(C)C)CCCC1.I. The third-order valence-electron chi connectivity index (χ3n) is 5.57. The summed E-state index contributed by atoms with van der Waals surface area (Å²) < 4.78 is 16.1. The first-order valence-corrected chi connectivity index (χ1v) is 10.5. The van der Waals surface area contributed by atoms with Crippen LogP contribution in [0.5, 0.6) is 0 Å². The largest absolute Gasteiger partial charge is 0.357 e. The number of carbonyl (C=O) groups excluding carboxylic acids is 1. The van der Waals surface area contributed by atoms with Crippen LogP contribution in [0.2, 0.25) is 0 Å². The van der Waals surface area contributed by atoms with Crippen molar-refractivity contribution in [1.29, 1.82) is 0 Å².